The molecule has 51 heavy (non-hydrogen) atoms. The van der Waals surface area contributed by atoms with Crippen LogP contribution in [0.5, 0.6) is 5.75 Å². The summed E-state index contributed by atoms with van der Waals surface area (Å²) >= 11 is 0. The van der Waals surface area contributed by atoms with Crippen LogP contribution in [-0.4, -0.2) is 68.6 Å². The Balaban J connectivity index is 0.00000468. The number of anilines is 4. The van der Waals surface area contributed by atoms with Crippen LogP contribution in [0.3, 0.4) is 0 Å². The number of nitrogens with one attached hydrogen (secondary N) is 2. The summed E-state index contributed by atoms with van der Waals surface area (Å²) in [5.74, 6) is -2.98. The zero-order valence-corrected chi connectivity index (χ0v) is 31.7. The van der Waals surface area contributed by atoms with Gasteiger partial charge in [-0.3, -0.25) is 24.1 Å². The maximum Gasteiger partial charge on any atom is 1.00 e. The van der Waals surface area contributed by atoms with E-state index in [1.807, 2.05) is 38.1 Å². The van der Waals surface area contributed by atoms with Crippen molar-refractivity contribution in [2.45, 2.75) is 26.7 Å². The Kier molecular flexibility index (Phi) is 14.8. The zero-order chi connectivity index (χ0) is 36.4. The number of carboxylic acid groups (broad SMARTS) is 1. The smallest absolute Gasteiger partial charge is 1.00 e. The first kappa shape index (κ1) is 40.3. The van der Waals surface area contributed by atoms with E-state index in [0.29, 0.717) is 22.6 Å². The summed E-state index contributed by atoms with van der Waals surface area (Å²) in [6.07, 6.45) is 0. The summed E-state index contributed by atoms with van der Waals surface area (Å²) in [4.78, 5) is 68.8. The van der Waals surface area contributed by atoms with Crippen molar-refractivity contribution in [2.24, 2.45) is 0 Å². The van der Waals surface area contributed by atoms with Gasteiger partial charge in [-0.05, 0) is 86.0 Å². The second kappa shape index (κ2) is 18.7. The van der Waals surface area contributed by atoms with Crippen molar-refractivity contribution in [1.82, 2.24) is 5.32 Å². The van der Waals surface area contributed by atoms with Crippen molar-refractivity contribution in [3.8, 4) is 5.75 Å². The molecule has 0 radical (unpaired) electrons. The first-order chi connectivity index (χ1) is 23.8. The number of urea groups is 1. The Hall–Kier alpha value is -5.17. The fourth-order valence-electron chi connectivity index (χ4n) is 5.13. The normalized spacial score (nSPS) is 10.9. The molecule has 1 unspecified atom stereocenters. The molecule has 0 bridgehead atoms. The molecule has 12 nitrogen and oxygen atoms in total. The number of nitrogens with zero attached hydrogens (tertiary/aromatic N) is 3. The Morgan fingerprint density at radius 1 is 0.765 bits per heavy atom. The Morgan fingerprint density at radius 2 is 1.39 bits per heavy atom. The van der Waals surface area contributed by atoms with E-state index in [-0.39, 0.29) is 54.9 Å². The van der Waals surface area contributed by atoms with Crippen LogP contribution in [0.25, 0.3) is 0 Å². The van der Waals surface area contributed by atoms with Gasteiger partial charge in [-0.15, -0.1) is 0 Å². The van der Waals surface area contributed by atoms with Crippen molar-refractivity contribution >= 4 is 52.5 Å². The number of hydrogen-bond acceptors (Lipinski definition) is 6. The molecule has 0 aliphatic carbocycles. The number of amides is 5. The minimum absolute atomic E-state index is 0. The van der Waals surface area contributed by atoms with Crippen LogP contribution < -0.4 is 59.6 Å². The first-order valence-electron chi connectivity index (χ1n) is 15.9. The number of ether oxygens (including phenoxy) is 1. The molecular formula is C38H42N5NaO7. The van der Waals surface area contributed by atoms with Crippen molar-refractivity contribution in [1.29, 1.82) is 0 Å². The third-order valence-corrected chi connectivity index (χ3v) is 8.00. The number of aliphatic carboxylic acids is 1. The molecule has 0 aliphatic rings. The summed E-state index contributed by atoms with van der Waals surface area (Å²) in [5.41, 5.74) is 4.41. The predicted molar refractivity (Wildman–Crippen MR) is 194 cm³/mol. The Bertz CT molecular complexity index is 1860. The predicted octanol–water partition coefficient (Wildman–Crippen LogP) is 2.47. The number of aryl methyl sites for hydroxylation is 2. The molecule has 1 atom stereocenters. The van der Waals surface area contributed by atoms with Crippen molar-refractivity contribution in [2.75, 3.05) is 53.8 Å². The monoisotopic (exact) mass is 703 g/mol. The summed E-state index contributed by atoms with van der Waals surface area (Å²) in [5, 5.41) is 14.5. The summed E-state index contributed by atoms with van der Waals surface area (Å²) in [7, 11) is 3.24. The number of carbonyl (C=O) groups excluding carboxylic acids is 4. The standard InChI is InChI=1S/C38H41N5O7.Na.H/c1-25-18-26(2)20-31(19-25)42(5)36(46)24-50-33-17-10-9-16-32(33)43(23-35(45)41(4)30-14-7-6-8-15-30)34(44)22-39-38(49)40-29-13-11-12-28(21-29)27(3)37(47)48;;/h6-21,27H,22-24H2,1-5H3,(H,47,48)(H2,39,40,49);;/q;+1;-1. The number of carboxylic acids is 1. The summed E-state index contributed by atoms with van der Waals surface area (Å²) in [6.45, 7) is 4.18. The number of likely N-dealkylation sites (N-methyl/N-ethyl adjacent to an activating group) is 2. The van der Waals surface area contributed by atoms with Crippen LogP contribution >= 0.6 is 0 Å². The Labute approximate surface area is 321 Å². The van der Waals surface area contributed by atoms with E-state index in [1.165, 1.54) is 27.7 Å². The van der Waals surface area contributed by atoms with Gasteiger partial charge in [0.15, 0.2) is 6.61 Å². The van der Waals surface area contributed by atoms with Crippen LogP contribution in [0.2, 0.25) is 0 Å². The minimum Gasteiger partial charge on any atom is -1.00 e. The van der Waals surface area contributed by atoms with Gasteiger partial charge in [0.25, 0.3) is 5.91 Å². The van der Waals surface area contributed by atoms with E-state index in [4.69, 9.17) is 4.74 Å². The van der Waals surface area contributed by atoms with E-state index in [2.05, 4.69) is 10.6 Å². The molecule has 4 aromatic carbocycles. The summed E-state index contributed by atoms with van der Waals surface area (Å²) < 4.78 is 5.96. The van der Waals surface area contributed by atoms with Crippen LogP contribution in [0.4, 0.5) is 27.5 Å². The molecule has 3 N–H and O–H groups in total. The minimum atomic E-state index is -1.01. The molecule has 0 spiro atoms. The second-order valence-corrected chi connectivity index (χ2v) is 11.8. The fourth-order valence-corrected chi connectivity index (χ4v) is 5.13. The maximum atomic E-state index is 13.8. The van der Waals surface area contributed by atoms with Crippen LogP contribution in [-0.2, 0) is 19.2 Å². The fraction of sp³-hybridized carbons (Fsp3) is 0.237. The Morgan fingerprint density at radius 3 is 2.06 bits per heavy atom. The zero-order valence-electron chi connectivity index (χ0n) is 30.7. The van der Waals surface area contributed by atoms with Gasteiger partial charge >= 0.3 is 41.6 Å². The molecule has 0 fully saturated rings. The van der Waals surface area contributed by atoms with Gasteiger partial charge in [0, 0.05) is 31.2 Å². The van der Waals surface area contributed by atoms with E-state index < -0.39 is 42.8 Å². The molecule has 0 saturated heterocycles. The number of para-hydroxylation sites is 3. The molecule has 0 saturated carbocycles. The van der Waals surface area contributed by atoms with Crippen LogP contribution in [0.15, 0.2) is 97.1 Å². The molecule has 5 amide bonds. The second-order valence-electron chi connectivity index (χ2n) is 11.8. The summed E-state index contributed by atoms with van der Waals surface area (Å²) in [6, 6.07) is 26.9. The average molecular weight is 704 g/mol. The molecule has 4 rings (SSSR count). The van der Waals surface area contributed by atoms with Gasteiger partial charge < -0.3 is 31.7 Å². The van der Waals surface area contributed by atoms with Gasteiger partial charge in [0.05, 0.1) is 18.2 Å². The molecule has 0 heterocycles. The number of hydrogen-bond donors (Lipinski definition) is 3. The number of carbonyl (C=O) groups is 5. The topological polar surface area (TPSA) is 149 Å². The van der Waals surface area contributed by atoms with Gasteiger partial charge in [0.1, 0.15) is 12.3 Å². The van der Waals surface area contributed by atoms with Crippen LogP contribution in [0, 0.1) is 13.8 Å². The molecule has 4 aromatic rings. The van der Waals surface area contributed by atoms with E-state index in [1.54, 1.807) is 80.8 Å². The van der Waals surface area contributed by atoms with Crippen LogP contribution in [0.1, 0.15) is 31.0 Å². The largest absolute Gasteiger partial charge is 1.00 e. The van der Waals surface area contributed by atoms with Crippen molar-refractivity contribution < 1.29 is 64.8 Å². The van der Waals surface area contributed by atoms with Gasteiger partial charge in [-0.25, -0.2) is 4.79 Å². The third-order valence-electron chi connectivity index (χ3n) is 8.00. The van der Waals surface area contributed by atoms with Gasteiger partial charge in [-0.1, -0.05) is 48.5 Å². The SMILES string of the molecule is Cc1cc(C)cc(N(C)C(=O)COc2ccccc2N(CC(=O)N(C)c2ccccc2)C(=O)CNC(=O)Nc2cccc(C(C)C(=O)O)c2)c1.[H-].[Na+]. The quantitative estimate of drug-likeness (QED) is 0.181. The third kappa shape index (κ3) is 11.2. The number of rotatable bonds is 13. The maximum absolute atomic E-state index is 13.8. The molecule has 262 valence electrons. The molecular weight excluding hydrogens is 661 g/mol. The molecule has 13 heteroatoms. The van der Waals surface area contributed by atoms with Gasteiger partial charge in [0.2, 0.25) is 11.8 Å². The number of benzene rings is 4. The van der Waals surface area contributed by atoms with Crippen molar-refractivity contribution in [3.05, 3.63) is 114 Å². The molecule has 0 aliphatic heterocycles. The van der Waals surface area contributed by atoms with Gasteiger partial charge in [-0.2, -0.15) is 0 Å². The first-order valence-corrected chi connectivity index (χ1v) is 15.9. The van der Waals surface area contributed by atoms with E-state index >= 15 is 0 Å². The molecule has 0 aromatic heterocycles. The van der Waals surface area contributed by atoms with E-state index in [9.17, 15) is 29.1 Å². The average Bonchev–Trinajstić information content (AvgIpc) is 3.10. The van der Waals surface area contributed by atoms with E-state index in [0.717, 1.165) is 11.1 Å². The van der Waals surface area contributed by atoms with Crippen molar-refractivity contribution in [3.63, 3.8) is 0 Å².